The van der Waals surface area contributed by atoms with E-state index < -0.39 is 0 Å². The molecule has 0 saturated carbocycles. The van der Waals surface area contributed by atoms with Gasteiger partial charge in [0.15, 0.2) is 0 Å². The summed E-state index contributed by atoms with van der Waals surface area (Å²) in [6.45, 7) is 14.2. The van der Waals surface area contributed by atoms with Crippen LogP contribution in [0.25, 0.3) is 45.5 Å². The Bertz CT molecular complexity index is 3280. The maximum Gasteiger partial charge on any atom is 0.0465 e. The SMILES string of the molecule is CC1(C)c2ccccc2-c2ccc(N(c3ccc(/C=C/c4ccc5c(c4)C(C)(C)c4cc(N(c6ccccc6)c6ccccc6)ccc4-5)cc3)c3ccc4c(c3)C(C)(C)c3ccccc3-4)cc21. The van der Waals surface area contributed by atoms with E-state index in [9.17, 15) is 0 Å². The zero-order valence-electron chi connectivity index (χ0n) is 39.2. The molecule has 12 rings (SSSR count). The van der Waals surface area contributed by atoms with E-state index in [4.69, 9.17) is 0 Å². The number of fused-ring (bicyclic) bond motifs is 9. The molecule has 0 atom stereocenters. The first-order valence-corrected chi connectivity index (χ1v) is 23.8. The lowest BCUT2D eigenvalue weighted by Gasteiger charge is -2.29. The van der Waals surface area contributed by atoms with Gasteiger partial charge in [0.05, 0.1) is 0 Å². The minimum absolute atomic E-state index is 0.103. The van der Waals surface area contributed by atoms with E-state index in [-0.39, 0.29) is 16.2 Å². The van der Waals surface area contributed by atoms with Crippen LogP contribution < -0.4 is 9.80 Å². The van der Waals surface area contributed by atoms with Gasteiger partial charge in [-0.25, -0.2) is 0 Å². The first-order valence-electron chi connectivity index (χ1n) is 23.8. The lowest BCUT2D eigenvalue weighted by Crippen LogP contribution is -2.18. The smallest absolute Gasteiger partial charge is 0.0465 e. The number of anilines is 6. The van der Waals surface area contributed by atoms with Crippen LogP contribution in [0.5, 0.6) is 0 Å². The lowest BCUT2D eigenvalue weighted by molar-refractivity contribution is 0.660. The monoisotopic (exact) mass is 862 g/mol. The van der Waals surface area contributed by atoms with Crippen molar-refractivity contribution in [2.75, 3.05) is 9.80 Å². The highest BCUT2D eigenvalue weighted by molar-refractivity contribution is 5.90. The van der Waals surface area contributed by atoms with Crippen molar-refractivity contribution in [3.05, 3.63) is 251 Å². The third-order valence-electron chi connectivity index (χ3n) is 15.2. The van der Waals surface area contributed by atoms with Gasteiger partial charge in [0, 0.05) is 50.4 Å². The van der Waals surface area contributed by atoms with Crippen molar-refractivity contribution in [3.8, 4) is 33.4 Å². The molecule has 0 aliphatic heterocycles. The van der Waals surface area contributed by atoms with E-state index in [1.807, 2.05) is 0 Å². The number of benzene rings is 9. The van der Waals surface area contributed by atoms with E-state index in [2.05, 4.69) is 270 Å². The largest absolute Gasteiger partial charge is 0.310 e. The van der Waals surface area contributed by atoms with Crippen LogP contribution in [0.4, 0.5) is 34.1 Å². The Labute approximate surface area is 396 Å². The highest BCUT2D eigenvalue weighted by Gasteiger charge is 2.39. The Balaban J connectivity index is 0.870. The van der Waals surface area contributed by atoms with Crippen molar-refractivity contribution in [1.29, 1.82) is 0 Å². The van der Waals surface area contributed by atoms with Gasteiger partial charge in [0.25, 0.3) is 0 Å². The van der Waals surface area contributed by atoms with E-state index in [1.54, 1.807) is 0 Å². The number of rotatable bonds is 8. The van der Waals surface area contributed by atoms with Gasteiger partial charge in [-0.15, -0.1) is 0 Å². The van der Waals surface area contributed by atoms with E-state index >= 15 is 0 Å². The van der Waals surface area contributed by atoms with Gasteiger partial charge in [0.2, 0.25) is 0 Å². The van der Waals surface area contributed by atoms with Crippen LogP contribution >= 0.6 is 0 Å². The summed E-state index contributed by atoms with van der Waals surface area (Å²) in [6, 6.07) is 76.4. The van der Waals surface area contributed by atoms with Crippen molar-refractivity contribution in [2.45, 2.75) is 57.8 Å². The minimum atomic E-state index is -0.167. The van der Waals surface area contributed by atoms with Gasteiger partial charge in [-0.2, -0.15) is 0 Å². The van der Waals surface area contributed by atoms with Crippen LogP contribution in [0.3, 0.4) is 0 Å². The van der Waals surface area contributed by atoms with Gasteiger partial charge in [-0.05, 0) is 151 Å². The van der Waals surface area contributed by atoms with Gasteiger partial charge >= 0.3 is 0 Å². The summed E-state index contributed by atoms with van der Waals surface area (Å²) in [7, 11) is 0. The molecule has 0 bridgehead atoms. The highest BCUT2D eigenvalue weighted by Crippen LogP contribution is 2.54. The van der Waals surface area contributed by atoms with E-state index in [1.165, 1.54) is 72.3 Å². The predicted octanol–water partition coefficient (Wildman–Crippen LogP) is 17.7. The molecular formula is C65H54N2. The van der Waals surface area contributed by atoms with Gasteiger partial charge < -0.3 is 9.80 Å². The second-order valence-electron chi connectivity index (χ2n) is 20.2. The fraction of sp³-hybridized carbons (Fsp3) is 0.138. The molecule has 2 nitrogen and oxygen atoms in total. The molecule has 9 aromatic rings. The molecule has 0 N–H and O–H groups in total. The van der Waals surface area contributed by atoms with Gasteiger partial charge in [0.1, 0.15) is 0 Å². The molecule has 0 amide bonds. The van der Waals surface area contributed by atoms with Crippen LogP contribution in [0, 0.1) is 0 Å². The second kappa shape index (κ2) is 15.2. The topological polar surface area (TPSA) is 6.48 Å². The zero-order chi connectivity index (χ0) is 45.7. The quantitative estimate of drug-likeness (QED) is 0.140. The Hall–Kier alpha value is -7.68. The molecular weight excluding hydrogens is 809 g/mol. The standard InChI is InChI=1S/C65H54N2/c1-63(2)57-23-15-13-21-51(57)54-36-33-49(41-60(54)63)67(50-34-37-55-52-22-14-16-24-58(52)64(3,4)61(55)42-50)47-30-27-43(28-31-47)25-26-44-29-35-53-56-38-32-48(40-62(56)65(5,6)59(53)39-44)66(45-17-9-7-10-18-45)46-19-11-8-12-20-46/h7-42H,1-6H3/b26-25+. The first-order chi connectivity index (χ1) is 32.5. The van der Waals surface area contributed by atoms with Crippen LogP contribution in [0.15, 0.2) is 206 Å². The molecule has 0 spiro atoms. The van der Waals surface area contributed by atoms with Crippen LogP contribution in [-0.2, 0) is 16.2 Å². The molecule has 0 fully saturated rings. The molecule has 67 heavy (non-hydrogen) atoms. The normalized spacial score (nSPS) is 15.0. The molecule has 0 heterocycles. The van der Waals surface area contributed by atoms with Crippen LogP contribution in [-0.4, -0.2) is 0 Å². The number of nitrogens with zero attached hydrogens (tertiary/aromatic N) is 2. The van der Waals surface area contributed by atoms with E-state index in [0.29, 0.717) is 0 Å². The minimum Gasteiger partial charge on any atom is -0.310 e. The summed E-state index contributed by atoms with van der Waals surface area (Å²) in [5, 5.41) is 0. The molecule has 2 heteroatoms. The Kier molecular flexibility index (Phi) is 9.25. The Morgan fingerprint density at radius 3 is 1.01 bits per heavy atom. The molecule has 3 aliphatic carbocycles. The molecule has 0 saturated heterocycles. The molecule has 324 valence electrons. The predicted molar refractivity (Wildman–Crippen MR) is 284 cm³/mol. The Morgan fingerprint density at radius 1 is 0.254 bits per heavy atom. The fourth-order valence-corrected chi connectivity index (χ4v) is 11.6. The average molecular weight is 863 g/mol. The fourth-order valence-electron chi connectivity index (χ4n) is 11.6. The molecule has 0 unspecified atom stereocenters. The van der Waals surface area contributed by atoms with Crippen LogP contribution in [0.1, 0.15) is 86.1 Å². The summed E-state index contributed by atoms with van der Waals surface area (Å²) in [4.78, 5) is 4.81. The van der Waals surface area contributed by atoms with Crippen molar-refractivity contribution < 1.29 is 0 Å². The number of hydrogen-bond donors (Lipinski definition) is 0. The zero-order valence-corrected chi connectivity index (χ0v) is 39.2. The highest BCUT2D eigenvalue weighted by atomic mass is 15.1. The first kappa shape index (κ1) is 40.8. The third kappa shape index (κ3) is 6.45. The lowest BCUT2D eigenvalue weighted by atomic mass is 9.81. The van der Waals surface area contributed by atoms with Crippen molar-refractivity contribution >= 4 is 46.3 Å². The van der Waals surface area contributed by atoms with Crippen molar-refractivity contribution in [1.82, 2.24) is 0 Å². The van der Waals surface area contributed by atoms with Crippen LogP contribution in [0.2, 0.25) is 0 Å². The summed E-state index contributed by atoms with van der Waals surface area (Å²) in [6.07, 6.45) is 4.52. The second-order valence-corrected chi connectivity index (χ2v) is 20.2. The number of para-hydroxylation sites is 2. The van der Waals surface area contributed by atoms with Crippen molar-refractivity contribution in [3.63, 3.8) is 0 Å². The maximum absolute atomic E-state index is 2.46. The summed E-state index contributed by atoms with van der Waals surface area (Å²) in [5.41, 5.74) is 25.1. The summed E-state index contributed by atoms with van der Waals surface area (Å²) in [5.74, 6) is 0. The molecule has 0 aromatic heterocycles. The number of hydrogen-bond acceptors (Lipinski definition) is 2. The third-order valence-corrected chi connectivity index (χ3v) is 15.2. The van der Waals surface area contributed by atoms with E-state index in [0.717, 1.165) is 39.7 Å². The Morgan fingerprint density at radius 2 is 0.552 bits per heavy atom. The molecule has 3 aliphatic rings. The molecule has 9 aromatic carbocycles. The van der Waals surface area contributed by atoms with Gasteiger partial charge in [-0.3, -0.25) is 0 Å². The average Bonchev–Trinajstić information content (AvgIpc) is 3.83. The summed E-state index contributed by atoms with van der Waals surface area (Å²) >= 11 is 0. The van der Waals surface area contributed by atoms with Gasteiger partial charge in [-0.1, -0.05) is 187 Å². The molecule has 0 radical (unpaired) electrons. The summed E-state index contributed by atoms with van der Waals surface area (Å²) < 4.78 is 0. The maximum atomic E-state index is 2.46. The van der Waals surface area contributed by atoms with Crippen molar-refractivity contribution in [2.24, 2.45) is 0 Å².